The van der Waals surface area contributed by atoms with E-state index >= 15 is 0 Å². The third-order valence-corrected chi connectivity index (χ3v) is 4.82. The number of aromatic nitrogens is 2. The van der Waals surface area contributed by atoms with E-state index in [1.54, 1.807) is 0 Å². The van der Waals surface area contributed by atoms with Crippen molar-refractivity contribution >= 4 is 32.7 Å². The zero-order valence-electron chi connectivity index (χ0n) is 11.9. The van der Waals surface area contributed by atoms with E-state index in [0.29, 0.717) is 5.54 Å². The van der Waals surface area contributed by atoms with Gasteiger partial charge in [0.1, 0.15) is 5.52 Å². The normalized spacial score (nSPS) is 17.2. The van der Waals surface area contributed by atoms with Crippen LogP contribution >= 0.6 is 15.9 Å². The Morgan fingerprint density at radius 2 is 2.15 bits per heavy atom. The van der Waals surface area contributed by atoms with E-state index in [1.807, 2.05) is 24.5 Å². The first-order valence-electron chi connectivity index (χ1n) is 6.92. The lowest BCUT2D eigenvalue weighted by Gasteiger charge is -2.47. The van der Waals surface area contributed by atoms with Crippen LogP contribution in [0.4, 0.5) is 5.69 Å². The first-order valence-corrected chi connectivity index (χ1v) is 7.72. The Balaban J connectivity index is 1.84. The monoisotopic (exact) mass is 334 g/mol. The van der Waals surface area contributed by atoms with Gasteiger partial charge in [-0.25, -0.2) is 0 Å². The predicted octanol–water partition coefficient (Wildman–Crippen LogP) is 3.29. The van der Waals surface area contributed by atoms with Crippen molar-refractivity contribution in [2.45, 2.75) is 24.8 Å². The number of nitrogens with zero attached hydrogens (tertiary/aromatic N) is 3. The van der Waals surface area contributed by atoms with Crippen molar-refractivity contribution in [3.63, 3.8) is 0 Å². The zero-order valence-corrected chi connectivity index (χ0v) is 13.4. The molecule has 0 aromatic carbocycles. The summed E-state index contributed by atoms with van der Waals surface area (Å²) >= 11 is 3.44. The molecule has 0 saturated heterocycles. The molecule has 1 aliphatic rings. The number of hydrogen-bond donors (Lipinski definition) is 1. The summed E-state index contributed by atoms with van der Waals surface area (Å²) in [5.74, 6) is 0. The number of rotatable bonds is 4. The molecular formula is C15H19BrN4. The van der Waals surface area contributed by atoms with E-state index in [-0.39, 0.29) is 0 Å². The van der Waals surface area contributed by atoms with Crippen LogP contribution in [0.1, 0.15) is 19.3 Å². The maximum Gasteiger partial charge on any atom is 0.112 e. The maximum atomic E-state index is 4.48. The number of likely N-dealkylation sites (N-methyl/N-ethyl adjacent to an activating group) is 1. The molecule has 0 spiro atoms. The van der Waals surface area contributed by atoms with Gasteiger partial charge >= 0.3 is 0 Å². The molecular weight excluding hydrogens is 316 g/mol. The minimum absolute atomic E-state index is 0.297. The summed E-state index contributed by atoms with van der Waals surface area (Å²) < 4.78 is 0.957. The second-order valence-corrected chi connectivity index (χ2v) is 6.62. The molecule has 0 atom stereocenters. The fraction of sp³-hybridized carbons (Fsp3) is 0.467. The number of pyridine rings is 2. The van der Waals surface area contributed by atoms with Crippen molar-refractivity contribution in [3.05, 3.63) is 29.0 Å². The summed E-state index contributed by atoms with van der Waals surface area (Å²) in [7, 11) is 4.34. The zero-order chi connectivity index (χ0) is 14.2. The smallest absolute Gasteiger partial charge is 0.112 e. The van der Waals surface area contributed by atoms with Gasteiger partial charge in [-0.15, -0.1) is 0 Å². The third kappa shape index (κ3) is 2.40. The summed E-state index contributed by atoms with van der Waals surface area (Å²) in [6.07, 6.45) is 7.49. The summed E-state index contributed by atoms with van der Waals surface area (Å²) in [4.78, 5) is 11.2. The molecule has 4 nitrogen and oxygen atoms in total. The third-order valence-electron chi connectivity index (χ3n) is 4.38. The van der Waals surface area contributed by atoms with Crippen LogP contribution in [0.5, 0.6) is 0 Å². The van der Waals surface area contributed by atoms with Crippen LogP contribution in [0.2, 0.25) is 0 Å². The molecule has 106 valence electrons. The molecule has 0 amide bonds. The van der Waals surface area contributed by atoms with Gasteiger partial charge in [0.2, 0.25) is 0 Å². The Morgan fingerprint density at radius 1 is 1.35 bits per heavy atom. The summed E-state index contributed by atoms with van der Waals surface area (Å²) in [5, 5.41) is 3.57. The molecule has 5 heteroatoms. The fourth-order valence-electron chi connectivity index (χ4n) is 2.77. The fourth-order valence-corrected chi connectivity index (χ4v) is 3.09. The highest BCUT2D eigenvalue weighted by atomic mass is 79.9. The van der Waals surface area contributed by atoms with E-state index in [2.05, 4.69) is 50.2 Å². The molecule has 0 radical (unpaired) electrons. The van der Waals surface area contributed by atoms with Crippen LogP contribution in [0.25, 0.3) is 11.0 Å². The van der Waals surface area contributed by atoms with Crippen molar-refractivity contribution in [3.8, 4) is 0 Å². The van der Waals surface area contributed by atoms with Crippen molar-refractivity contribution < 1.29 is 0 Å². The van der Waals surface area contributed by atoms with Crippen LogP contribution in [-0.4, -0.2) is 41.0 Å². The highest BCUT2D eigenvalue weighted by Gasteiger charge is 2.38. The Labute approximate surface area is 127 Å². The predicted molar refractivity (Wildman–Crippen MR) is 86.0 cm³/mol. The maximum absolute atomic E-state index is 4.48. The Bertz CT molecular complexity index is 622. The highest BCUT2D eigenvalue weighted by Crippen LogP contribution is 2.36. The average Bonchev–Trinajstić information content (AvgIpc) is 2.36. The van der Waals surface area contributed by atoms with Gasteiger partial charge in [-0.05, 0) is 61.4 Å². The summed E-state index contributed by atoms with van der Waals surface area (Å²) in [6.45, 7) is 0.955. The van der Waals surface area contributed by atoms with Gasteiger partial charge in [-0.2, -0.15) is 0 Å². The quantitative estimate of drug-likeness (QED) is 0.931. The lowest BCUT2D eigenvalue weighted by atomic mass is 9.75. The van der Waals surface area contributed by atoms with Crippen molar-refractivity contribution in [1.82, 2.24) is 14.9 Å². The highest BCUT2D eigenvalue weighted by molar-refractivity contribution is 9.10. The largest absolute Gasteiger partial charge is 0.381 e. The Kier molecular flexibility index (Phi) is 3.65. The van der Waals surface area contributed by atoms with Gasteiger partial charge in [-0.3, -0.25) is 9.97 Å². The van der Waals surface area contributed by atoms with Gasteiger partial charge < -0.3 is 10.2 Å². The van der Waals surface area contributed by atoms with Gasteiger partial charge in [0, 0.05) is 29.0 Å². The van der Waals surface area contributed by atoms with Crippen LogP contribution in [0.3, 0.4) is 0 Å². The SMILES string of the molecule is CN(C)C1(CNc2ccnc3cc(Br)cnc23)CCC1. The van der Waals surface area contributed by atoms with E-state index in [1.165, 1.54) is 19.3 Å². The molecule has 1 fully saturated rings. The first kappa shape index (κ1) is 13.8. The minimum atomic E-state index is 0.297. The molecule has 0 aliphatic heterocycles. The van der Waals surface area contributed by atoms with Gasteiger partial charge in [0.25, 0.3) is 0 Å². The second kappa shape index (κ2) is 5.30. The lowest BCUT2D eigenvalue weighted by Crippen LogP contribution is -2.54. The van der Waals surface area contributed by atoms with Crippen LogP contribution < -0.4 is 5.32 Å². The van der Waals surface area contributed by atoms with Crippen LogP contribution in [0.15, 0.2) is 29.0 Å². The summed E-state index contributed by atoms with van der Waals surface area (Å²) in [6, 6.07) is 4.00. The van der Waals surface area contributed by atoms with Gasteiger partial charge in [-0.1, -0.05) is 0 Å². The van der Waals surface area contributed by atoms with Gasteiger partial charge in [0.05, 0.1) is 11.2 Å². The lowest BCUT2D eigenvalue weighted by molar-refractivity contribution is 0.0739. The van der Waals surface area contributed by atoms with Crippen LogP contribution in [-0.2, 0) is 0 Å². The van der Waals surface area contributed by atoms with Crippen LogP contribution in [0, 0.1) is 0 Å². The number of hydrogen-bond acceptors (Lipinski definition) is 4. The van der Waals surface area contributed by atoms with Crippen molar-refractivity contribution in [2.24, 2.45) is 0 Å². The topological polar surface area (TPSA) is 41.0 Å². The molecule has 3 rings (SSSR count). The van der Waals surface area contributed by atoms with E-state index in [4.69, 9.17) is 0 Å². The number of fused-ring (bicyclic) bond motifs is 1. The van der Waals surface area contributed by atoms with E-state index in [0.717, 1.165) is 27.7 Å². The molecule has 2 aromatic rings. The molecule has 0 unspecified atom stereocenters. The molecule has 1 aliphatic carbocycles. The molecule has 1 saturated carbocycles. The van der Waals surface area contributed by atoms with Crippen molar-refractivity contribution in [2.75, 3.05) is 26.0 Å². The number of anilines is 1. The minimum Gasteiger partial charge on any atom is -0.381 e. The molecule has 1 N–H and O–H groups in total. The Morgan fingerprint density at radius 3 is 2.80 bits per heavy atom. The number of nitrogens with one attached hydrogen (secondary N) is 1. The van der Waals surface area contributed by atoms with Gasteiger partial charge in [0.15, 0.2) is 0 Å². The first-order chi connectivity index (χ1) is 9.61. The van der Waals surface area contributed by atoms with E-state index < -0.39 is 0 Å². The number of halogens is 1. The summed E-state index contributed by atoms with van der Waals surface area (Å²) in [5.41, 5.74) is 3.21. The standard InChI is InChI=1S/C15H19BrN4/c1-20(2)15(5-3-6-15)10-19-12-4-7-17-13-8-11(16)9-18-14(12)13/h4,7-9H,3,5-6,10H2,1-2H3,(H,17,19). The average molecular weight is 335 g/mol. The molecule has 20 heavy (non-hydrogen) atoms. The second-order valence-electron chi connectivity index (χ2n) is 5.71. The molecule has 2 aromatic heterocycles. The molecule has 0 bridgehead atoms. The van der Waals surface area contributed by atoms with Crippen molar-refractivity contribution in [1.29, 1.82) is 0 Å². The van der Waals surface area contributed by atoms with E-state index in [9.17, 15) is 0 Å². The Hall–Kier alpha value is -1.20. The molecule has 2 heterocycles.